The van der Waals surface area contributed by atoms with E-state index in [4.69, 9.17) is 10.5 Å². The highest BCUT2D eigenvalue weighted by molar-refractivity contribution is 5.29. The molecule has 2 nitrogen and oxygen atoms in total. The van der Waals surface area contributed by atoms with E-state index in [1.54, 1.807) is 0 Å². The number of ether oxygens (including phenoxy) is 1. The maximum Gasteiger partial charge on any atom is 0.119 e. The summed E-state index contributed by atoms with van der Waals surface area (Å²) in [6.45, 7) is 5.20. The van der Waals surface area contributed by atoms with Crippen LogP contribution in [0.15, 0.2) is 24.3 Å². The summed E-state index contributed by atoms with van der Waals surface area (Å²) < 4.78 is 5.64. The molecule has 1 aromatic rings. The largest absolute Gasteiger partial charge is 0.494 e. The molecule has 0 aliphatic heterocycles. The van der Waals surface area contributed by atoms with Gasteiger partial charge in [-0.3, -0.25) is 0 Å². The Hall–Kier alpha value is -1.02. The lowest BCUT2D eigenvalue weighted by molar-refractivity contribution is 0.234. The molecule has 1 aromatic carbocycles. The zero-order chi connectivity index (χ0) is 15.1. The second-order valence-electron chi connectivity index (χ2n) is 6.51. The van der Waals surface area contributed by atoms with Crippen LogP contribution < -0.4 is 10.5 Å². The molecular weight excluding hydrogens is 258 g/mol. The lowest BCUT2D eigenvalue weighted by Gasteiger charge is -2.32. The van der Waals surface area contributed by atoms with Gasteiger partial charge < -0.3 is 10.5 Å². The van der Waals surface area contributed by atoms with Crippen molar-refractivity contribution in [2.75, 3.05) is 6.61 Å². The van der Waals surface area contributed by atoms with E-state index in [1.807, 2.05) is 0 Å². The quantitative estimate of drug-likeness (QED) is 0.759. The normalized spacial score (nSPS) is 23.8. The summed E-state index contributed by atoms with van der Waals surface area (Å²) in [5.74, 6) is 2.56. The molecule has 0 aromatic heterocycles. The third-order valence-corrected chi connectivity index (χ3v) is 4.83. The molecule has 0 amide bonds. The summed E-state index contributed by atoms with van der Waals surface area (Å²) in [6.07, 6.45) is 9.07. The molecule has 1 aliphatic rings. The van der Waals surface area contributed by atoms with E-state index in [0.717, 1.165) is 24.7 Å². The standard InChI is InChI=1S/C19H31NO/c1-3-5-15-6-8-16(9-7-15)19(20)17-10-12-18(13-11-17)21-14-4-2/h10-13,15-16,19H,3-9,14,20H2,1-2H3. The molecule has 1 saturated carbocycles. The smallest absolute Gasteiger partial charge is 0.119 e. The fourth-order valence-electron chi connectivity index (χ4n) is 3.52. The van der Waals surface area contributed by atoms with E-state index in [9.17, 15) is 0 Å². The molecule has 21 heavy (non-hydrogen) atoms. The van der Waals surface area contributed by atoms with Crippen LogP contribution in [0.1, 0.15) is 70.4 Å². The van der Waals surface area contributed by atoms with Gasteiger partial charge >= 0.3 is 0 Å². The van der Waals surface area contributed by atoms with Crippen LogP contribution in [0, 0.1) is 11.8 Å². The maximum atomic E-state index is 6.50. The maximum absolute atomic E-state index is 6.50. The molecule has 0 spiro atoms. The zero-order valence-electron chi connectivity index (χ0n) is 13.7. The van der Waals surface area contributed by atoms with Gasteiger partial charge in [-0.2, -0.15) is 0 Å². The van der Waals surface area contributed by atoms with Gasteiger partial charge in [0, 0.05) is 6.04 Å². The summed E-state index contributed by atoms with van der Waals surface area (Å²) >= 11 is 0. The first-order valence-electron chi connectivity index (χ1n) is 8.72. The van der Waals surface area contributed by atoms with E-state index < -0.39 is 0 Å². The van der Waals surface area contributed by atoms with Crippen molar-refractivity contribution in [1.29, 1.82) is 0 Å². The van der Waals surface area contributed by atoms with Gasteiger partial charge in [0.2, 0.25) is 0 Å². The van der Waals surface area contributed by atoms with Gasteiger partial charge in [0.25, 0.3) is 0 Å². The minimum absolute atomic E-state index is 0.188. The first-order valence-corrected chi connectivity index (χ1v) is 8.72. The molecule has 1 aliphatic carbocycles. The highest BCUT2D eigenvalue weighted by Crippen LogP contribution is 2.37. The molecule has 0 bridgehead atoms. The molecule has 0 saturated heterocycles. The van der Waals surface area contributed by atoms with Gasteiger partial charge in [-0.05, 0) is 48.8 Å². The van der Waals surface area contributed by atoms with Gasteiger partial charge in [0.1, 0.15) is 5.75 Å². The Kier molecular flexibility index (Phi) is 6.56. The molecule has 2 heteroatoms. The number of benzene rings is 1. The summed E-state index contributed by atoms with van der Waals surface area (Å²) in [5, 5.41) is 0. The van der Waals surface area contributed by atoms with Crippen LogP contribution in [0.2, 0.25) is 0 Å². The molecular formula is C19H31NO. The summed E-state index contributed by atoms with van der Waals surface area (Å²) in [6, 6.07) is 8.61. The molecule has 1 unspecified atom stereocenters. The molecule has 118 valence electrons. The van der Waals surface area contributed by atoms with Gasteiger partial charge in [-0.25, -0.2) is 0 Å². The predicted molar refractivity (Wildman–Crippen MR) is 89.5 cm³/mol. The van der Waals surface area contributed by atoms with E-state index in [-0.39, 0.29) is 6.04 Å². The molecule has 1 fully saturated rings. The van der Waals surface area contributed by atoms with Gasteiger partial charge in [-0.15, -0.1) is 0 Å². The van der Waals surface area contributed by atoms with Crippen molar-refractivity contribution < 1.29 is 4.74 Å². The average molecular weight is 289 g/mol. The minimum atomic E-state index is 0.188. The lowest BCUT2D eigenvalue weighted by Crippen LogP contribution is -2.26. The zero-order valence-corrected chi connectivity index (χ0v) is 13.7. The van der Waals surface area contributed by atoms with Gasteiger partial charge in [-0.1, -0.05) is 51.7 Å². The van der Waals surface area contributed by atoms with Crippen LogP contribution in [0.4, 0.5) is 0 Å². The van der Waals surface area contributed by atoms with E-state index in [0.29, 0.717) is 5.92 Å². The van der Waals surface area contributed by atoms with Crippen LogP contribution in [0.25, 0.3) is 0 Å². The number of rotatable bonds is 7. The Morgan fingerprint density at radius 2 is 1.71 bits per heavy atom. The molecule has 2 rings (SSSR count). The lowest BCUT2D eigenvalue weighted by atomic mass is 9.76. The van der Waals surface area contributed by atoms with Gasteiger partial charge in [0.05, 0.1) is 6.61 Å². The van der Waals surface area contributed by atoms with E-state index in [2.05, 4.69) is 38.1 Å². The number of nitrogens with two attached hydrogens (primary N) is 1. The summed E-state index contributed by atoms with van der Waals surface area (Å²) in [7, 11) is 0. The van der Waals surface area contributed by atoms with Crippen molar-refractivity contribution in [3.63, 3.8) is 0 Å². The Bertz CT molecular complexity index is 393. The first kappa shape index (κ1) is 16.4. The summed E-state index contributed by atoms with van der Waals surface area (Å²) in [5.41, 5.74) is 7.76. The van der Waals surface area contributed by atoms with Crippen LogP contribution in [-0.4, -0.2) is 6.61 Å². The van der Waals surface area contributed by atoms with Crippen molar-refractivity contribution in [1.82, 2.24) is 0 Å². The van der Waals surface area contributed by atoms with Crippen LogP contribution in [-0.2, 0) is 0 Å². The van der Waals surface area contributed by atoms with Crippen molar-refractivity contribution in [2.24, 2.45) is 17.6 Å². The predicted octanol–water partition coefficient (Wildman–Crippen LogP) is 5.08. The molecule has 0 radical (unpaired) electrons. The van der Waals surface area contributed by atoms with Gasteiger partial charge in [0.15, 0.2) is 0 Å². The van der Waals surface area contributed by atoms with Crippen molar-refractivity contribution in [2.45, 2.75) is 64.8 Å². The molecule has 2 N–H and O–H groups in total. The van der Waals surface area contributed by atoms with E-state index in [1.165, 1.54) is 44.1 Å². The number of hydrogen-bond donors (Lipinski definition) is 1. The fourth-order valence-corrected chi connectivity index (χ4v) is 3.52. The fraction of sp³-hybridized carbons (Fsp3) is 0.684. The Labute approximate surface area is 130 Å². The second kappa shape index (κ2) is 8.43. The SMILES string of the molecule is CCCOc1ccc(C(N)C2CCC(CCC)CC2)cc1. The molecule has 0 heterocycles. The second-order valence-corrected chi connectivity index (χ2v) is 6.51. The van der Waals surface area contributed by atoms with E-state index >= 15 is 0 Å². The van der Waals surface area contributed by atoms with Crippen LogP contribution in [0.3, 0.4) is 0 Å². The Morgan fingerprint density at radius 1 is 1.05 bits per heavy atom. The van der Waals surface area contributed by atoms with Crippen LogP contribution >= 0.6 is 0 Å². The first-order chi connectivity index (χ1) is 10.2. The van der Waals surface area contributed by atoms with Crippen molar-refractivity contribution >= 4 is 0 Å². The highest BCUT2D eigenvalue weighted by atomic mass is 16.5. The third-order valence-electron chi connectivity index (χ3n) is 4.83. The topological polar surface area (TPSA) is 35.2 Å². The molecule has 1 atom stereocenters. The summed E-state index contributed by atoms with van der Waals surface area (Å²) in [4.78, 5) is 0. The third kappa shape index (κ3) is 4.74. The minimum Gasteiger partial charge on any atom is -0.494 e. The van der Waals surface area contributed by atoms with Crippen molar-refractivity contribution in [3.8, 4) is 5.75 Å². The highest BCUT2D eigenvalue weighted by Gasteiger charge is 2.25. The number of hydrogen-bond acceptors (Lipinski definition) is 2. The van der Waals surface area contributed by atoms with Crippen LogP contribution in [0.5, 0.6) is 5.75 Å². The monoisotopic (exact) mass is 289 g/mol. The van der Waals surface area contributed by atoms with Crippen molar-refractivity contribution in [3.05, 3.63) is 29.8 Å². The Morgan fingerprint density at radius 3 is 2.29 bits per heavy atom. The average Bonchev–Trinajstić information content (AvgIpc) is 2.54. The Balaban J connectivity index is 1.87.